The summed E-state index contributed by atoms with van der Waals surface area (Å²) in [5.41, 5.74) is -0.377. The van der Waals surface area contributed by atoms with E-state index >= 15 is 0 Å². The average molecular weight is 387 g/mol. The molecule has 0 saturated carbocycles. The number of carbonyl (C=O) groups is 3. The van der Waals surface area contributed by atoms with E-state index in [1.807, 2.05) is 0 Å². The molecule has 0 aliphatic carbocycles. The van der Waals surface area contributed by atoms with Crippen LogP contribution >= 0.6 is 0 Å². The molecule has 2 atom stereocenters. The van der Waals surface area contributed by atoms with Crippen molar-refractivity contribution in [3.8, 4) is 0 Å². The van der Waals surface area contributed by atoms with Crippen LogP contribution in [-0.2, 0) is 24.3 Å². The molecule has 144 valence electrons. The van der Waals surface area contributed by atoms with E-state index < -0.39 is 44.8 Å². The summed E-state index contributed by atoms with van der Waals surface area (Å²) in [5, 5.41) is 9.27. The molecule has 0 unspecified atom stereocenters. The minimum atomic E-state index is -4.33. The number of benzene rings is 1. The molecule has 0 aromatic heterocycles. The van der Waals surface area contributed by atoms with Crippen molar-refractivity contribution in [3.63, 3.8) is 0 Å². The third-order valence-corrected chi connectivity index (χ3v) is 5.24. The Labute approximate surface area is 151 Å². The highest BCUT2D eigenvalue weighted by atomic mass is 32.2. The van der Waals surface area contributed by atoms with Crippen molar-refractivity contribution in [1.29, 1.82) is 0 Å². The number of ether oxygens (including phenoxy) is 2. The topological polar surface area (TPSA) is 136 Å². The SMILES string of the molecule is CC[C@H](C)[C@H](NS(=O)(=O)c1cc(C(=O)OC)cc(C(=O)OC)c1)C(=O)O. The van der Waals surface area contributed by atoms with Gasteiger partial charge in [0.25, 0.3) is 0 Å². The Morgan fingerprint density at radius 3 is 1.88 bits per heavy atom. The van der Waals surface area contributed by atoms with Gasteiger partial charge in [0.15, 0.2) is 0 Å². The Kier molecular flexibility index (Phi) is 7.28. The second kappa shape index (κ2) is 8.77. The van der Waals surface area contributed by atoms with E-state index in [4.69, 9.17) is 0 Å². The van der Waals surface area contributed by atoms with E-state index in [1.54, 1.807) is 13.8 Å². The van der Waals surface area contributed by atoms with Crippen molar-refractivity contribution in [1.82, 2.24) is 4.72 Å². The normalized spacial score (nSPS) is 13.5. The highest BCUT2D eigenvalue weighted by molar-refractivity contribution is 7.89. The number of carboxylic acids is 1. The van der Waals surface area contributed by atoms with Gasteiger partial charge in [-0.05, 0) is 24.1 Å². The number of hydrogen-bond donors (Lipinski definition) is 2. The van der Waals surface area contributed by atoms with E-state index in [1.165, 1.54) is 0 Å². The number of rotatable bonds is 8. The maximum Gasteiger partial charge on any atom is 0.337 e. The van der Waals surface area contributed by atoms with Gasteiger partial charge in [0.05, 0.1) is 30.2 Å². The Balaban J connectivity index is 3.44. The zero-order valence-electron chi connectivity index (χ0n) is 14.8. The second-order valence-electron chi connectivity index (χ2n) is 5.55. The number of aliphatic carboxylic acids is 1. The summed E-state index contributed by atoms with van der Waals surface area (Å²) in [5.74, 6) is -3.53. The Morgan fingerprint density at radius 1 is 1.08 bits per heavy atom. The summed E-state index contributed by atoms with van der Waals surface area (Å²) in [6.07, 6.45) is 0.426. The summed E-state index contributed by atoms with van der Waals surface area (Å²) in [6, 6.07) is 1.75. The van der Waals surface area contributed by atoms with Crippen LogP contribution in [-0.4, -0.2) is 51.7 Å². The van der Waals surface area contributed by atoms with Crippen LogP contribution in [0.25, 0.3) is 0 Å². The maximum absolute atomic E-state index is 12.6. The number of nitrogens with one attached hydrogen (secondary N) is 1. The van der Waals surface area contributed by atoms with Crippen LogP contribution in [0.1, 0.15) is 41.0 Å². The summed E-state index contributed by atoms with van der Waals surface area (Å²) in [4.78, 5) is 34.4. The average Bonchev–Trinajstić information content (AvgIpc) is 2.63. The first-order chi connectivity index (χ1) is 12.1. The molecular weight excluding hydrogens is 366 g/mol. The molecule has 26 heavy (non-hydrogen) atoms. The van der Waals surface area contributed by atoms with Crippen LogP contribution in [0.4, 0.5) is 0 Å². The minimum Gasteiger partial charge on any atom is -0.480 e. The minimum absolute atomic E-state index is 0.189. The predicted molar refractivity (Wildman–Crippen MR) is 90.3 cm³/mol. The van der Waals surface area contributed by atoms with Crippen molar-refractivity contribution in [2.75, 3.05) is 14.2 Å². The molecule has 0 amide bonds. The van der Waals surface area contributed by atoms with E-state index in [0.717, 1.165) is 32.4 Å². The number of hydrogen-bond acceptors (Lipinski definition) is 7. The number of carboxylic acid groups (broad SMARTS) is 1. The van der Waals surface area contributed by atoms with Gasteiger partial charge in [0, 0.05) is 0 Å². The third-order valence-electron chi connectivity index (χ3n) is 3.82. The summed E-state index contributed by atoms with van der Waals surface area (Å²) in [6.45, 7) is 3.31. The molecule has 1 aromatic rings. The number of methoxy groups -OCH3 is 2. The fraction of sp³-hybridized carbons (Fsp3) is 0.438. The van der Waals surface area contributed by atoms with E-state index in [2.05, 4.69) is 14.2 Å². The molecule has 0 aliphatic rings. The Morgan fingerprint density at radius 2 is 1.54 bits per heavy atom. The second-order valence-corrected chi connectivity index (χ2v) is 7.27. The summed E-state index contributed by atoms with van der Waals surface area (Å²) in [7, 11) is -2.13. The van der Waals surface area contributed by atoms with Crippen molar-refractivity contribution in [3.05, 3.63) is 29.3 Å². The lowest BCUT2D eigenvalue weighted by Gasteiger charge is -2.20. The first-order valence-corrected chi connectivity index (χ1v) is 9.12. The van der Waals surface area contributed by atoms with E-state index in [0.29, 0.717) is 6.42 Å². The lowest BCUT2D eigenvalue weighted by molar-refractivity contribution is -0.140. The summed E-state index contributed by atoms with van der Waals surface area (Å²) < 4.78 is 36.4. The molecule has 0 heterocycles. The van der Waals surface area contributed by atoms with Crippen molar-refractivity contribution >= 4 is 27.9 Å². The largest absolute Gasteiger partial charge is 0.480 e. The smallest absolute Gasteiger partial charge is 0.337 e. The molecule has 0 saturated heterocycles. The van der Waals surface area contributed by atoms with Gasteiger partial charge < -0.3 is 14.6 Å². The molecule has 0 radical (unpaired) electrons. The Hall–Kier alpha value is -2.46. The lowest BCUT2D eigenvalue weighted by atomic mass is 10.0. The molecule has 1 rings (SSSR count). The highest BCUT2D eigenvalue weighted by Crippen LogP contribution is 2.19. The van der Waals surface area contributed by atoms with Gasteiger partial charge in [-0.1, -0.05) is 20.3 Å². The van der Waals surface area contributed by atoms with Crippen LogP contribution in [0, 0.1) is 5.92 Å². The van der Waals surface area contributed by atoms with Crippen molar-refractivity contribution in [2.45, 2.75) is 31.2 Å². The van der Waals surface area contributed by atoms with Gasteiger partial charge >= 0.3 is 17.9 Å². The first kappa shape index (κ1) is 21.6. The molecule has 0 spiro atoms. The molecule has 1 aromatic carbocycles. The van der Waals surface area contributed by atoms with Crippen LogP contribution < -0.4 is 4.72 Å². The zero-order chi connectivity index (χ0) is 20.1. The molecule has 0 fully saturated rings. The van der Waals surface area contributed by atoms with E-state index in [9.17, 15) is 27.9 Å². The van der Waals surface area contributed by atoms with Crippen molar-refractivity contribution in [2.24, 2.45) is 5.92 Å². The zero-order valence-corrected chi connectivity index (χ0v) is 15.6. The van der Waals surface area contributed by atoms with Gasteiger partial charge in [-0.3, -0.25) is 4.79 Å². The molecular formula is C16H21NO8S. The molecule has 2 N–H and O–H groups in total. The molecule has 0 aliphatic heterocycles. The first-order valence-electron chi connectivity index (χ1n) is 7.64. The van der Waals surface area contributed by atoms with Crippen LogP contribution in [0.3, 0.4) is 0 Å². The van der Waals surface area contributed by atoms with Crippen molar-refractivity contribution < 1.29 is 37.4 Å². The summed E-state index contributed by atoms with van der Waals surface area (Å²) >= 11 is 0. The Bertz CT molecular complexity index is 768. The van der Waals surface area contributed by atoms with Crippen LogP contribution in [0.2, 0.25) is 0 Å². The highest BCUT2D eigenvalue weighted by Gasteiger charge is 2.30. The van der Waals surface area contributed by atoms with Crippen LogP contribution in [0.5, 0.6) is 0 Å². The predicted octanol–water partition coefficient (Wildman–Crippen LogP) is 1.04. The van der Waals surface area contributed by atoms with Gasteiger partial charge in [0.1, 0.15) is 6.04 Å². The van der Waals surface area contributed by atoms with Gasteiger partial charge in [0.2, 0.25) is 10.0 Å². The maximum atomic E-state index is 12.6. The van der Waals surface area contributed by atoms with Crippen LogP contribution in [0.15, 0.2) is 23.1 Å². The van der Waals surface area contributed by atoms with Gasteiger partial charge in [-0.2, -0.15) is 4.72 Å². The number of esters is 2. The molecule has 9 nitrogen and oxygen atoms in total. The quantitative estimate of drug-likeness (QED) is 0.631. The van der Waals surface area contributed by atoms with E-state index in [-0.39, 0.29) is 11.1 Å². The number of sulfonamides is 1. The molecule has 0 bridgehead atoms. The molecule has 10 heteroatoms. The standard InChI is InChI=1S/C16H21NO8S/c1-5-9(2)13(14(18)19)17-26(22,23)12-7-10(15(20)24-3)6-11(8-12)16(21)25-4/h6-9,13,17H,5H2,1-4H3,(H,18,19)/t9-,13-/m0/s1. The monoisotopic (exact) mass is 387 g/mol. The third kappa shape index (κ3) is 5.02. The fourth-order valence-corrected chi connectivity index (χ4v) is 3.47. The lowest BCUT2D eigenvalue weighted by Crippen LogP contribution is -2.44. The van der Waals surface area contributed by atoms with Gasteiger partial charge in [-0.25, -0.2) is 18.0 Å². The number of carbonyl (C=O) groups excluding carboxylic acids is 2. The van der Waals surface area contributed by atoms with Gasteiger partial charge in [-0.15, -0.1) is 0 Å². The fourth-order valence-electron chi connectivity index (χ4n) is 2.11.